The summed E-state index contributed by atoms with van der Waals surface area (Å²) in [5, 5.41) is 3.81. The Hall–Kier alpha value is -2.34. The summed E-state index contributed by atoms with van der Waals surface area (Å²) in [7, 11) is 0. The van der Waals surface area contributed by atoms with Crippen molar-refractivity contribution in [3.05, 3.63) is 42.6 Å². The second-order valence-corrected chi connectivity index (χ2v) is 6.55. The molecule has 3 aromatic rings. The van der Waals surface area contributed by atoms with E-state index < -0.39 is 0 Å². The third-order valence-corrected chi connectivity index (χ3v) is 4.70. The summed E-state index contributed by atoms with van der Waals surface area (Å²) < 4.78 is 0. The van der Waals surface area contributed by atoms with Gasteiger partial charge in [0.1, 0.15) is 10.9 Å². The van der Waals surface area contributed by atoms with Crippen LogP contribution in [-0.4, -0.2) is 32.7 Å². The Morgan fingerprint density at radius 1 is 1.26 bits per heavy atom. The first-order valence-corrected chi connectivity index (χ1v) is 8.60. The van der Waals surface area contributed by atoms with E-state index >= 15 is 0 Å². The van der Waals surface area contributed by atoms with Crippen LogP contribution in [0, 0.1) is 0 Å². The summed E-state index contributed by atoms with van der Waals surface area (Å²) >= 11 is 1.45. The SMILES string of the molecule is O=C(CSc1ncccc1-c1nc2ccccc2[nH]1)NC1CC1. The number of pyridine rings is 1. The number of thioether (sulfide) groups is 1. The number of para-hydroxylation sites is 2. The summed E-state index contributed by atoms with van der Waals surface area (Å²) in [4.78, 5) is 24.2. The molecule has 0 atom stereocenters. The highest BCUT2D eigenvalue weighted by Gasteiger charge is 2.23. The van der Waals surface area contributed by atoms with E-state index in [1.54, 1.807) is 6.20 Å². The molecule has 23 heavy (non-hydrogen) atoms. The van der Waals surface area contributed by atoms with Gasteiger partial charge in [0.05, 0.1) is 16.8 Å². The van der Waals surface area contributed by atoms with Gasteiger partial charge < -0.3 is 10.3 Å². The molecule has 1 fully saturated rings. The fourth-order valence-corrected chi connectivity index (χ4v) is 3.20. The minimum Gasteiger partial charge on any atom is -0.353 e. The van der Waals surface area contributed by atoms with Gasteiger partial charge >= 0.3 is 0 Å². The van der Waals surface area contributed by atoms with Crippen LogP contribution in [0.1, 0.15) is 12.8 Å². The number of imidazole rings is 1. The molecule has 1 saturated carbocycles. The first kappa shape index (κ1) is 14.3. The quantitative estimate of drug-likeness (QED) is 0.708. The highest BCUT2D eigenvalue weighted by molar-refractivity contribution is 8.00. The predicted octanol–water partition coefficient (Wildman–Crippen LogP) is 3.00. The van der Waals surface area contributed by atoms with E-state index in [4.69, 9.17) is 0 Å². The number of rotatable bonds is 5. The van der Waals surface area contributed by atoms with E-state index in [1.807, 2.05) is 36.4 Å². The van der Waals surface area contributed by atoms with E-state index in [0.717, 1.165) is 40.3 Å². The van der Waals surface area contributed by atoms with E-state index in [0.29, 0.717) is 11.8 Å². The van der Waals surface area contributed by atoms with E-state index in [1.165, 1.54) is 11.8 Å². The van der Waals surface area contributed by atoms with Crippen LogP contribution in [0.5, 0.6) is 0 Å². The molecule has 1 aliphatic rings. The summed E-state index contributed by atoms with van der Waals surface area (Å²) in [6.07, 6.45) is 3.95. The molecule has 0 bridgehead atoms. The maximum absolute atomic E-state index is 11.9. The number of hydrogen-bond donors (Lipinski definition) is 2. The predicted molar refractivity (Wildman–Crippen MR) is 91.2 cm³/mol. The maximum atomic E-state index is 11.9. The number of H-pyrrole nitrogens is 1. The second-order valence-electron chi connectivity index (χ2n) is 5.59. The van der Waals surface area contributed by atoms with Gasteiger partial charge in [-0.25, -0.2) is 9.97 Å². The number of fused-ring (bicyclic) bond motifs is 1. The minimum atomic E-state index is 0.0682. The molecule has 4 rings (SSSR count). The van der Waals surface area contributed by atoms with E-state index in [2.05, 4.69) is 20.3 Å². The zero-order valence-corrected chi connectivity index (χ0v) is 13.3. The lowest BCUT2D eigenvalue weighted by Crippen LogP contribution is -2.27. The molecule has 0 saturated heterocycles. The monoisotopic (exact) mass is 324 g/mol. The Bertz CT molecular complexity index is 823. The summed E-state index contributed by atoms with van der Waals surface area (Å²) in [5.41, 5.74) is 2.84. The fourth-order valence-electron chi connectivity index (χ4n) is 2.40. The van der Waals surface area contributed by atoms with Crippen molar-refractivity contribution in [2.45, 2.75) is 23.9 Å². The Kier molecular flexibility index (Phi) is 3.75. The number of benzene rings is 1. The molecule has 0 spiro atoms. The van der Waals surface area contributed by atoms with Crippen molar-refractivity contribution in [1.29, 1.82) is 0 Å². The fraction of sp³-hybridized carbons (Fsp3) is 0.235. The molecular weight excluding hydrogens is 308 g/mol. The number of hydrogen-bond acceptors (Lipinski definition) is 4. The summed E-state index contributed by atoms with van der Waals surface area (Å²) in [6, 6.07) is 12.2. The molecule has 2 heterocycles. The summed E-state index contributed by atoms with van der Waals surface area (Å²) in [6.45, 7) is 0. The van der Waals surface area contributed by atoms with Gasteiger partial charge in [0.2, 0.25) is 5.91 Å². The Labute approximate surface area is 137 Å². The van der Waals surface area contributed by atoms with Crippen LogP contribution in [0.4, 0.5) is 0 Å². The standard InChI is InChI=1S/C17H16N4OS/c22-15(19-11-7-8-11)10-23-17-12(4-3-9-18-17)16-20-13-5-1-2-6-14(13)21-16/h1-6,9,11H,7-8,10H2,(H,19,22)(H,20,21). The first-order valence-electron chi connectivity index (χ1n) is 7.62. The lowest BCUT2D eigenvalue weighted by Gasteiger charge is -2.06. The van der Waals surface area contributed by atoms with E-state index in [-0.39, 0.29) is 5.91 Å². The molecule has 1 aliphatic carbocycles. The number of nitrogens with one attached hydrogen (secondary N) is 2. The van der Waals surface area contributed by atoms with Crippen LogP contribution in [-0.2, 0) is 4.79 Å². The number of aromatic amines is 1. The summed E-state index contributed by atoms with van der Waals surface area (Å²) in [5.74, 6) is 1.23. The first-order chi connectivity index (χ1) is 11.3. The average Bonchev–Trinajstić information content (AvgIpc) is 3.27. The van der Waals surface area contributed by atoms with Crippen molar-refractivity contribution < 1.29 is 4.79 Å². The third kappa shape index (κ3) is 3.22. The zero-order valence-electron chi connectivity index (χ0n) is 12.5. The van der Waals surface area contributed by atoms with Crippen LogP contribution in [0.25, 0.3) is 22.4 Å². The van der Waals surface area contributed by atoms with E-state index in [9.17, 15) is 4.79 Å². The molecular formula is C17H16N4OS. The molecule has 5 nitrogen and oxygen atoms in total. The van der Waals surface area contributed by atoms with Gasteiger partial charge in [-0.15, -0.1) is 0 Å². The van der Waals surface area contributed by atoms with Gasteiger partial charge in [0.15, 0.2) is 0 Å². The van der Waals surface area contributed by atoms with Crippen LogP contribution >= 0.6 is 11.8 Å². The van der Waals surface area contributed by atoms with Crippen molar-refractivity contribution in [3.8, 4) is 11.4 Å². The molecule has 116 valence electrons. The van der Waals surface area contributed by atoms with Crippen LogP contribution in [0.2, 0.25) is 0 Å². The van der Waals surface area contributed by atoms with Crippen LogP contribution in [0.15, 0.2) is 47.6 Å². The largest absolute Gasteiger partial charge is 0.353 e. The van der Waals surface area contributed by atoms with Crippen LogP contribution in [0.3, 0.4) is 0 Å². The average molecular weight is 324 g/mol. The second kappa shape index (κ2) is 6.04. The van der Waals surface area contributed by atoms with Crippen molar-refractivity contribution in [1.82, 2.24) is 20.3 Å². The number of aromatic nitrogens is 3. The molecule has 0 radical (unpaired) electrons. The van der Waals surface area contributed by atoms with Gasteiger partial charge in [-0.2, -0.15) is 0 Å². The molecule has 0 unspecified atom stereocenters. The molecule has 0 aliphatic heterocycles. The van der Waals surface area contributed by atoms with Crippen molar-refractivity contribution >= 4 is 28.7 Å². The van der Waals surface area contributed by atoms with Gasteiger partial charge in [-0.05, 0) is 37.1 Å². The smallest absolute Gasteiger partial charge is 0.230 e. The Balaban J connectivity index is 1.57. The zero-order chi connectivity index (χ0) is 15.6. The number of nitrogens with zero attached hydrogens (tertiary/aromatic N) is 2. The van der Waals surface area contributed by atoms with Crippen molar-refractivity contribution in [3.63, 3.8) is 0 Å². The van der Waals surface area contributed by atoms with Gasteiger partial charge in [-0.1, -0.05) is 23.9 Å². The van der Waals surface area contributed by atoms with Crippen molar-refractivity contribution in [2.75, 3.05) is 5.75 Å². The van der Waals surface area contributed by atoms with Crippen LogP contribution < -0.4 is 5.32 Å². The van der Waals surface area contributed by atoms with Gasteiger partial charge in [0.25, 0.3) is 0 Å². The minimum absolute atomic E-state index is 0.0682. The highest BCUT2D eigenvalue weighted by Crippen LogP contribution is 2.29. The number of amides is 1. The van der Waals surface area contributed by atoms with Gasteiger partial charge in [-0.3, -0.25) is 4.79 Å². The van der Waals surface area contributed by atoms with Gasteiger partial charge in [0, 0.05) is 17.8 Å². The highest BCUT2D eigenvalue weighted by atomic mass is 32.2. The Morgan fingerprint density at radius 3 is 2.96 bits per heavy atom. The molecule has 2 aromatic heterocycles. The molecule has 6 heteroatoms. The lowest BCUT2D eigenvalue weighted by molar-refractivity contribution is -0.118. The maximum Gasteiger partial charge on any atom is 0.230 e. The molecule has 1 aromatic carbocycles. The number of carbonyl (C=O) groups is 1. The molecule has 2 N–H and O–H groups in total. The van der Waals surface area contributed by atoms with Crippen molar-refractivity contribution in [2.24, 2.45) is 0 Å². The third-order valence-electron chi connectivity index (χ3n) is 3.70. The Morgan fingerprint density at radius 2 is 2.13 bits per heavy atom. The topological polar surface area (TPSA) is 70.7 Å². The molecule has 1 amide bonds. The lowest BCUT2D eigenvalue weighted by atomic mass is 10.3. The number of carbonyl (C=O) groups excluding carboxylic acids is 1. The normalized spacial score (nSPS) is 14.1.